The smallest absolute Gasteiger partial charge is 0.330 e. The van der Waals surface area contributed by atoms with Crippen molar-refractivity contribution < 1.29 is 23.9 Å². The van der Waals surface area contributed by atoms with E-state index in [4.69, 9.17) is 4.74 Å². The van der Waals surface area contributed by atoms with Gasteiger partial charge in [0, 0.05) is 31.7 Å². The molecule has 0 aromatic rings. The summed E-state index contributed by atoms with van der Waals surface area (Å²) in [7, 11) is 1.24. The van der Waals surface area contributed by atoms with E-state index in [-0.39, 0.29) is 18.5 Å². The molecule has 0 saturated carbocycles. The Morgan fingerprint density at radius 2 is 1.36 bits per heavy atom. The van der Waals surface area contributed by atoms with Crippen LogP contribution in [0.4, 0.5) is 0 Å². The molecule has 1 N–H and O–H groups in total. The minimum Gasteiger partial charge on any atom is -0.466 e. The van der Waals surface area contributed by atoms with Crippen LogP contribution < -0.4 is 5.32 Å². The average molecular weight is 539 g/mol. The van der Waals surface area contributed by atoms with Crippen LogP contribution >= 0.6 is 0 Å². The molecule has 39 heavy (non-hydrogen) atoms. The molecule has 0 aliphatic carbocycles. The van der Waals surface area contributed by atoms with Gasteiger partial charge in [0.2, 0.25) is 11.8 Å². The summed E-state index contributed by atoms with van der Waals surface area (Å²) >= 11 is 0. The molecule has 1 atom stereocenters. The normalized spacial score (nSPS) is 16.8. The van der Waals surface area contributed by atoms with E-state index < -0.39 is 11.9 Å². The molecule has 0 aromatic carbocycles. The lowest BCUT2D eigenvalue weighted by Gasteiger charge is -2.35. The zero-order valence-corrected chi connectivity index (χ0v) is 23.6. The van der Waals surface area contributed by atoms with Gasteiger partial charge in [0.25, 0.3) is 0 Å². The van der Waals surface area contributed by atoms with Gasteiger partial charge in [0.15, 0.2) is 0 Å². The van der Waals surface area contributed by atoms with E-state index in [1.165, 1.54) is 7.11 Å². The monoisotopic (exact) mass is 538 g/mol. The summed E-state index contributed by atoms with van der Waals surface area (Å²) < 4.78 is 9.95. The SMILES string of the molecule is CC/C=C\C/C=C\C/C=C\C/C=C\C/C=C\C/C=C\CCC(=O)N1CCOCC1CNC(=O)C=CC(=O)OC. The Balaban J connectivity index is 2.19. The van der Waals surface area contributed by atoms with Gasteiger partial charge >= 0.3 is 5.97 Å². The Hall–Kier alpha value is -3.45. The Morgan fingerprint density at radius 3 is 1.90 bits per heavy atom. The fraction of sp³-hybridized carbons (Fsp3) is 0.469. The van der Waals surface area contributed by atoms with Crippen LogP contribution in [0.3, 0.4) is 0 Å². The molecule has 2 amide bonds. The molecule has 0 spiro atoms. The van der Waals surface area contributed by atoms with Crippen molar-refractivity contribution in [1.29, 1.82) is 0 Å². The number of esters is 1. The summed E-state index contributed by atoms with van der Waals surface area (Å²) in [6, 6.07) is -0.230. The maximum atomic E-state index is 12.7. The minimum absolute atomic E-state index is 0.0437. The standard InChI is InChI=1S/C32H46N2O5/c1-3-4-5-6-7-8-9-10-11-12-13-14-15-16-17-18-19-20-21-22-31(36)34-25-26-39-28-29(34)27-33-30(35)23-24-32(37)38-2/h4-5,7-8,10-11,13-14,16-17,19-20,23-24,29H,3,6,9,12,15,18,21-22,25-28H2,1-2H3,(H,33,35)/b5-4-,8-7-,11-10-,14-13-,17-16-,20-19-,24-23?. The lowest BCUT2D eigenvalue weighted by Crippen LogP contribution is -2.53. The van der Waals surface area contributed by atoms with Gasteiger partial charge in [-0.2, -0.15) is 0 Å². The molecule has 7 heteroatoms. The molecule has 1 heterocycles. The van der Waals surface area contributed by atoms with Crippen LogP contribution in [0.15, 0.2) is 85.1 Å². The molecule has 1 aliphatic rings. The Bertz CT molecular complexity index is 912. The highest BCUT2D eigenvalue weighted by Gasteiger charge is 2.26. The van der Waals surface area contributed by atoms with Crippen LogP contribution in [-0.4, -0.2) is 62.1 Å². The third-order valence-electron chi connectivity index (χ3n) is 5.75. The van der Waals surface area contributed by atoms with Crippen molar-refractivity contribution in [2.45, 2.75) is 64.3 Å². The lowest BCUT2D eigenvalue weighted by molar-refractivity contribution is -0.140. The first-order chi connectivity index (χ1) is 19.1. The fourth-order valence-corrected chi connectivity index (χ4v) is 3.63. The van der Waals surface area contributed by atoms with E-state index >= 15 is 0 Å². The maximum absolute atomic E-state index is 12.7. The summed E-state index contributed by atoms with van der Waals surface area (Å²) in [5.41, 5.74) is 0. The van der Waals surface area contributed by atoms with Gasteiger partial charge in [0.05, 0.1) is 26.4 Å². The summed E-state index contributed by atoms with van der Waals surface area (Å²) in [6.07, 6.45) is 35.0. The molecular formula is C32H46N2O5. The first-order valence-electron chi connectivity index (χ1n) is 13.9. The average Bonchev–Trinajstić information content (AvgIpc) is 2.95. The number of amides is 2. The molecule has 1 unspecified atom stereocenters. The third kappa shape index (κ3) is 18.4. The number of hydrogen-bond donors (Lipinski definition) is 1. The largest absolute Gasteiger partial charge is 0.466 e. The van der Waals surface area contributed by atoms with Crippen molar-refractivity contribution in [2.75, 3.05) is 33.4 Å². The van der Waals surface area contributed by atoms with Gasteiger partial charge in [0.1, 0.15) is 0 Å². The Kier molecular flexibility index (Phi) is 20.4. The molecular weight excluding hydrogens is 492 g/mol. The molecule has 0 radical (unpaired) electrons. The van der Waals surface area contributed by atoms with Crippen LogP contribution in [0.2, 0.25) is 0 Å². The van der Waals surface area contributed by atoms with Crippen LogP contribution in [0.25, 0.3) is 0 Å². The number of nitrogens with zero attached hydrogens (tertiary/aromatic N) is 1. The second kappa shape index (κ2) is 23.7. The maximum Gasteiger partial charge on any atom is 0.330 e. The van der Waals surface area contributed by atoms with Crippen molar-refractivity contribution in [3.8, 4) is 0 Å². The highest BCUT2D eigenvalue weighted by Crippen LogP contribution is 2.10. The zero-order chi connectivity index (χ0) is 28.4. The second-order valence-electron chi connectivity index (χ2n) is 8.87. The van der Waals surface area contributed by atoms with Crippen molar-refractivity contribution in [2.24, 2.45) is 0 Å². The van der Waals surface area contributed by atoms with Crippen molar-refractivity contribution in [3.05, 3.63) is 85.1 Å². The third-order valence-corrected chi connectivity index (χ3v) is 5.75. The highest BCUT2D eigenvalue weighted by molar-refractivity contribution is 5.94. The predicted octanol–water partition coefficient (Wildman–Crippen LogP) is 5.54. The van der Waals surface area contributed by atoms with Gasteiger partial charge in [-0.15, -0.1) is 0 Å². The molecule has 1 fully saturated rings. The molecule has 7 nitrogen and oxygen atoms in total. The van der Waals surface area contributed by atoms with Crippen LogP contribution in [0, 0.1) is 0 Å². The first kappa shape index (κ1) is 33.6. The summed E-state index contributed by atoms with van der Waals surface area (Å²) in [5, 5.41) is 2.70. The Labute approximate surface area is 234 Å². The molecule has 1 saturated heterocycles. The zero-order valence-electron chi connectivity index (χ0n) is 23.6. The summed E-state index contributed by atoms with van der Waals surface area (Å²) in [5.74, 6) is -0.976. The number of carbonyl (C=O) groups is 3. The van der Waals surface area contributed by atoms with E-state index in [1.807, 2.05) is 6.08 Å². The Morgan fingerprint density at radius 1 is 0.821 bits per heavy atom. The van der Waals surface area contributed by atoms with Crippen molar-refractivity contribution in [1.82, 2.24) is 10.2 Å². The van der Waals surface area contributed by atoms with E-state index in [2.05, 4.69) is 83.8 Å². The van der Waals surface area contributed by atoms with Gasteiger partial charge < -0.3 is 19.7 Å². The van der Waals surface area contributed by atoms with Gasteiger partial charge in [-0.3, -0.25) is 9.59 Å². The second-order valence-corrected chi connectivity index (χ2v) is 8.87. The topological polar surface area (TPSA) is 84.9 Å². The van der Waals surface area contributed by atoms with E-state index in [0.29, 0.717) is 32.6 Å². The molecule has 0 aromatic heterocycles. The lowest BCUT2D eigenvalue weighted by atomic mass is 10.1. The van der Waals surface area contributed by atoms with E-state index in [1.54, 1.807) is 4.90 Å². The van der Waals surface area contributed by atoms with Gasteiger partial charge in [-0.1, -0.05) is 79.8 Å². The van der Waals surface area contributed by atoms with Crippen LogP contribution in [0.5, 0.6) is 0 Å². The number of ether oxygens (including phenoxy) is 2. The highest BCUT2D eigenvalue weighted by atomic mass is 16.5. The summed E-state index contributed by atoms with van der Waals surface area (Å²) in [6.45, 7) is 3.76. The summed E-state index contributed by atoms with van der Waals surface area (Å²) in [4.78, 5) is 37.4. The number of morpholine rings is 1. The number of carbonyl (C=O) groups excluding carboxylic acids is 3. The van der Waals surface area contributed by atoms with E-state index in [0.717, 1.165) is 50.7 Å². The quantitative estimate of drug-likeness (QED) is 0.141. The molecule has 214 valence electrons. The first-order valence-corrected chi connectivity index (χ1v) is 13.9. The number of methoxy groups -OCH3 is 1. The number of hydrogen-bond acceptors (Lipinski definition) is 5. The van der Waals surface area contributed by atoms with Crippen LogP contribution in [0.1, 0.15) is 58.3 Å². The molecule has 1 rings (SSSR count). The van der Waals surface area contributed by atoms with Crippen molar-refractivity contribution in [3.63, 3.8) is 0 Å². The van der Waals surface area contributed by atoms with Gasteiger partial charge in [-0.05, 0) is 44.9 Å². The molecule has 0 bridgehead atoms. The predicted molar refractivity (Wildman–Crippen MR) is 158 cm³/mol. The fourth-order valence-electron chi connectivity index (χ4n) is 3.63. The number of nitrogens with one attached hydrogen (secondary N) is 1. The van der Waals surface area contributed by atoms with Crippen molar-refractivity contribution >= 4 is 17.8 Å². The van der Waals surface area contributed by atoms with Gasteiger partial charge in [-0.25, -0.2) is 4.79 Å². The number of rotatable bonds is 18. The van der Waals surface area contributed by atoms with E-state index in [9.17, 15) is 14.4 Å². The van der Waals surface area contributed by atoms with Crippen LogP contribution in [-0.2, 0) is 23.9 Å². The minimum atomic E-state index is -0.600. The number of allylic oxidation sites excluding steroid dienone is 12. The molecule has 1 aliphatic heterocycles.